The third kappa shape index (κ3) is 4.84. The lowest BCUT2D eigenvalue weighted by molar-refractivity contribution is -0.137. The summed E-state index contributed by atoms with van der Waals surface area (Å²) in [6.07, 6.45) is -5.49. The largest absolute Gasteiger partial charge is 0.485 e. The van der Waals surface area contributed by atoms with E-state index in [9.17, 15) is 22.8 Å². The minimum Gasteiger partial charge on any atom is -0.485 e. The summed E-state index contributed by atoms with van der Waals surface area (Å²) in [5.74, 6) is -0.639. The minimum atomic E-state index is -4.52. The van der Waals surface area contributed by atoms with Gasteiger partial charge in [0.1, 0.15) is 12.4 Å². The first-order chi connectivity index (χ1) is 13.3. The zero-order valence-corrected chi connectivity index (χ0v) is 14.3. The summed E-state index contributed by atoms with van der Waals surface area (Å²) in [5.41, 5.74) is 3.35. The van der Waals surface area contributed by atoms with Gasteiger partial charge in [0.2, 0.25) is 6.10 Å². The van der Waals surface area contributed by atoms with Gasteiger partial charge in [0.15, 0.2) is 18.1 Å². The molecule has 0 fully saturated rings. The Balaban J connectivity index is 1.45. The van der Waals surface area contributed by atoms with Gasteiger partial charge in [-0.3, -0.25) is 20.4 Å². The summed E-state index contributed by atoms with van der Waals surface area (Å²) < 4.78 is 53.8. The zero-order valence-electron chi connectivity index (χ0n) is 14.3. The normalized spacial score (nSPS) is 15.5. The predicted molar refractivity (Wildman–Crippen MR) is 89.6 cm³/mol. The number of hydrazine groups is 1. The number of fused-ring (bicyclic) bond motifs is 1. The number of alkyl halides is 3. The number of hydrogen-bond acceptors (Lipinski definition) is 5. The van der Waals surface area contributed by atoms with Crippen molar-refractivity contribution >= 4 is 11.8 Å². The summed E-state index contributed by atoms with van der Waals surface area (Å²) in [4.78, 5) is 23.8. The lowest BCUT2D eigenvalue weighted by Crippen LogP contribution is -2.51. The molecule has 0 saturated carbocycles. The second-order valence-electron chi connectivity index (χ2n) is 5.72. The van der Waals surface area contributed by atoms with Crippen LogP contribution in [0.4, 0.5) is 13.2 Å². The molecular formula is C18H15F3N2O5. The molecular weight excluding hydrogens is 381 g/mol. The van der Waals surface area contributed by atoms with Crippen molar-refractivity contribution in [1.82, 2.24) is 10.9 Å². The topological polar surface area (TPSA) is 85.9 Å². The van der Waals surface area contributed by atoms with E-state index in [4.69, 9.17) is 14.2 Å². The van der Waals surface area contributed by atoms with Crippen LogP contribution in [0.5, 0.6) is 17.2 Å². The Kier molecular flexibility index (Phi) is 5.57. The molecule has 0 aromatic heterocycles. The van der Waals surface area contributed by atoms with Crippen LogP contribution in [-0.4, -0.2) is 31.1 Å². The van der Waals surface area contributed by atoms with Crippen molar-refractivity contribution in [3.05, 3.63) is 54.1 Å². The molecule has 10 heteroatoms. The molecule has 7 nitrogen and oxygen atoms in total. The molecule has 2 aromatic rings. The summed E-state index contributed by atoms with van der Waals surface area (Å²) >= 11 is 0. The average Bonchev–Trinajstić information content (AvgIpc) is 2.69. The van der Waals surface area contributed by atoms with Crippen molar-refractivity contribution in [2.24, 2.45) is 0 Å². The van der Waals surface area contributed by atoms with Gasteiger partial charge in [-0.1, -0.05) is 18.2 Å². The Hall–Kier alpha value is -3.43. The number of rotatable bonds is 4. The number of benzene rings is 2. The number of ether oxygens (including phenoxy) is 3. The Morgan fingerprint density at radius 1 is 1.07 bits per heavy atom. The first kappa shape index (κ1) is 19.3. The standard InChI is InChI=1S/C18H15F3N2O5/c19-18(20,21)11-4-3-5-12(8-11)26-10-16(24)22-23-17(25)15-9-27-13-6-1-2-7-14(13)28-15/h1-8,15H,9-10H2,(H,22,24)(H,23,25)/t15-/m1/s1. The van der Waals surface area contributed by atoms with Crippen molar-refractivity contribution in [3.63, 3.8) is 0 Å². The van der Waals surface area contributed by atoms with E-state index in [2.05, 4.69) is 10.9 Å². The van der Waals surface area contributed by atoms with Gasteiger partial charge in [-0.15, -0.1) is 0 Å². The fourth-order valence-corrected chi connectivity index (χ4v) is 2.31. The van der Waals surface area contributed by atoms with Gasteiger partial charge in [0.05, 0.1) is 5.56 Å². The number of amides is 2. The maximum Gasteiger partial charge on any atom is 0.416 e. The lowest BCUT2D eigenvalue weighted by Gasteiger charge is -2.25. The first-order valence-electron chi connectivity index (χ1n) is 8.10. The Morgan fingerprint density at radius 3 is 2.57 bits per heavy atom. The number of carbonyl (C=O) groups is 2. The van der Waals surface area contributed by atoms with Gasteiger partial charge < -0.3 is 14.2 Å². The highest BCUT2D eigenvalue weighted by atomic mass is 19.4. The van der Waals surface area contributed by atoms with Crippen LogP contribution in [0.1, 0.15) is 5.56 Å². The third-order valence-electron chi connectivity index (χ3n) is 3.66. The highest BCUT2D eigenvalue weighted by Gasteiger charge is 2.31. The quantitative estimate of drug-likeness (QED) is 0.773. The van der Waals surface area contributed by atoms with Crippen LogP contribution in [0, 0.1) is 0 Å². The van der Waals surface area contributed by atoms with Crippen molar-refractivity contribution in [2.75, 3.05) is 13.2 Å². The molecule has 1 aliphatic rings. The van der Waals surface area contributed by atoms with E-state index in [0.29, 0.717) is 11.5 Å². The van der Waals surface area contributed by atoms with E-state index in [-0.39, 0.29) is 12.4 Å². The van der Waals surface area contributed by atoms with Gasteiger partial charge in [-0.2, -0.15) is 13.2 Å². The molecule has 148 valence electrons. The summed E-state index contributed by atoms with van der Waals surface area (Å²) in [7, 11) is 0. The van der Waals surface area contributed by atoms with E-state index in [1.807, 2.05) is 0 Å². The predicted octanol–water partition coefficient (Wildman–Crippen LogP) is 2.07. The third-order valence-corrected chi connectivity index (χ3v) is 3.66. The van der Waals surface area contributed by atoms with Gasteiger partial charge >= 0.3 is 6.18 Å². The fraction of sp³-hybridized carbons (Fsp3) is 0.222. The zero-order chi connectivity index (χ0) is 20.1. The van der Waals surface area contributed by atoms with Gasteiger partial charge in [-0.25, -0.2) is 0 Å². The average molecular weight is 396 g/mol. The van der Waals surface area contributed by atoms with Crippen LogP contribution in [0.3, 0.4) is 0 Å². The summed E-state index contributed by atoms with van der Waals surface area (Å²) in [6.45, 7) is -0.633. The molecule has 0 saturated heterocycles. The maximum absolute atomic E-state index is 12.6. The molecule has 2 amide bonds. The fourth-order valence-electron chi connectivity index (χ4n) is 2.31. The summed E-state index contributed by atoms with van der Waals surface area (Å²) in [6, 6.07) is 10.9. The Morgan fingerprint density at radius 2 is 1.82 bits per heavy atom. The van der Waals surface area contributed by atoms with Crippen molar-refractivity contribution < 1.29 is 37.0 Å². The van der Waals surface area contributed by atoms with Crippen LogP contribution in [0.15, 0.2) is 48.5 Å². The monoisotopic (exact) mass is 396 g/mol. The molecule has 0 radical (unpaired) electrons. The second kappa shape index (κ2) is 8.07. The SMILES string of the molecule is O=C(COc1cccc(C(F)(F)F)c1)NNC(=O)[C@H]1COc2ccccc2O1. The molecule has 1 heterocycles. The van der Waals surface area contributed by atoms with E-state index in [0.717, 1.165) is 18.2 Å². The van der Waals surface area contributed by atoms with Crippen LogP contribution in [0.25, 0.3) is 0 Å². The highest BCUT2D eigenvalue weighted by molar-refractivity contribution is 5.85. The smallest absolute Gasteiger partial charge is 0.416 e. The van der Waals surface area contributed by atoms with E-state index >= 15 is 0 Å². The number of para-hydroxylation sites is 2. The second-order valence-corrected chi connectivity index (χ2v) is 5.72. The number of halogens is 3. The number of carbonyl (C=O) groups excluding carboxylic acids is 2. The molecule has 28 heavy (non-hydrogen) atoms. The molecule has 3 rings (SSSR count). The highest BCUT2D eigenvalue weighted by Crippen LogP contribution is 2.31. The molecule has 0 spiro atoms. The van der Waals surface area contributed by atoms with Gasteiger partial charge in [-0.05, 0) is 30.3 Å². The number of nitrogens with one attached hydrogen (secondary N) is 2. The molecule has 0 bridgehead atoms. The maximum atomic E-state index is 12.6. The van der Waals surface area contributed by atoms with E-state index < -0.39 is 36.3 Å². The molecule has 2 aromatic carbocycles. The molecule has 0 unspecified atom stereocenters. The first-order valence-corrected chi connectivity index (χ1v) is 8.10. The minimum absolute atomic E-state index is 0.0422. The van der Waals surface area contributed by atoms with Crippen LogP contribution in [0.2, 0.25) is 0 Å². The van der Waals surface area contributed by atoms with Crippen molar-refractivity contribution in [2.45, 2.75) is 12.3 Å². The van der Waals surface area contributed by atoms with Gasteiger partial charge in [0, 0.05) is 0 Å². The van der Waals surface area contributed by atoms with Crippen LogP contribution >= 0.6 is 0 Å². The molecule has 1 aliphatic heterocycles. The van der Waals surface area contributed by atoms with E-state index in [1.54, 1.807) is 24.3 Å². The number of hydrogen-bond donors (Lipinski definition) is 2. The van der Waals surface area contributed by atoms with E-state index in [1.165, 1.54) is 6.07 Å². The van der Waals surface area contributed by atoms with Crippen molar-refractivity contribution in [1.29, 1.82) is 0 Å². The Bertz CT molecular complexity index is 872. The molecule has 2 N–H and O–H groups in total. The van der Waals surface area contributed by atoms with Gasteiger partial charge in [0.25, 0.3) is 11.8 Å². The van der Waals surface area contributed by atoms with Crippen LogP contribution in [-0.2, 0) is 15.8 Å². The molecule has 0 aliphatic carbocycles. The van der Waals surface area contributed by atoms with Crippen LogP contribution < -0.4 is 25.1 Å². The lowest BCUT2D eigenvalue weighted by atomic mass is 10.2. The molecule has 1 atom stereocenters. The Labute approximate surface area is 157 Å². The van der Waals surface area contributed by atoms with Crippen molar-refractivity contribution in [3.8, 4) is 17.2 Å². The summed E-state index contributed by atoms with van der Waals surface area (Å²) in [5, 5.41) is 0.